The molecule has 1 aliphatic heterocycles. The van der Waals surface area contributed by atoms with E-state index < -0.39 is 0 Å². The van der Waals surface area contributed by atoms with E-state index in [1.165, 1.54) is 17.2 Å². The van der Waals surface area contributed by atoms with Gasteiger partial charge in [0.1, 0.15) is 6.10 Å². The average molecular weight is 424 g/mol. The SMILES string of the molecule is CC(=O)Nc1ccc(C(=O)N2CCC(Oc3nc4c(C)ccc(C)c4s3)CC2)cc1. The number of amides is 2. The normalized spacial score (nSPS) is 14.7. The number of rotatable bonds is 4. The standard InChI is InChI=1S/C23H25N3O3S/c1-14-4-5-15(2)21-20(14)25-23(30-21)29-19-10-12-26(13-11-19)22(28)17-6-8-18(9-7-17)24-16(3)27/h4-9,19H,10-13H2,1-3H3,(H,24,27). The van der Waals surface area contributed by atoms with Crippen LogP contribution in [-0.2, 0) is 4.79 Å². The molecule has 2 heterocycles. The lowest BCUT2D eigenvalue weighted by molar-refractivity contribution is -0.114. The molecular formula is C23H25N3O3S. The van der Waals surface area contributed by atoms with Crippen LogP contribution in [0.1, 0.15) is 41.3 Å². The molecule has 0 spiro atoms. The second-order valence-corrected chi connectivity index (χ2v) is 8.69. The minimum absolute atomic E-state index is 0.00839. The Balaban J connectivity index is 1.36. The molecule has 0 bridgehead atoms. The zero-order valence-corrected chi connectivity index (χ0v) is 18.2. The Kier molecular flexibility index (Phi) is 5.72. The summed E-state index contributed by atoms with van der Waals surface area (Å²) in [6.07, 6.45) is 1.63. The van der Waals surface area contributed by atoms with Crippen LogP contribution in [0, 0.1) is 13.8 Å². The third kappa shape index (κ3) is 4.31. The highest BCUT2D eigenvalue weighted by molar-refractivity contribution is 7.20. The largest absolute Gasteiger partial charge is 0.467 e. The van der Waals surface area contributed by atoms with Crippen LogP contribution in [0.15, 0.2) is 36.4 Å². The number of aryl methyl sites for hydroxylation is 2. The van der Waals surface area contributed by atoms with Crippen LogP contribution in [-0.4, -0.2) is 40.9 Å². The molecule has 30 heavy (non-hydrogen) atoms. The van der Waals surface area contributed by atoms with Crippen molar-refractivity contribution in [3.05, 3.63) is 53.1 Å². The fraction of sp³-hybridized carbons (Fsp3) is 0.348. The van der Waals surface area contributed by atoms with Crippen molar-refractivity contribution in [2.24, 2.45) is 0 Å². The van der Waals surface area contributed by atoms with Crippen molar-refractivity contribution >= 4 is 39.1 Å². The summed E-state index contributed by atoms with van der Waals surface area (Å²) in [5.74, 6) is -0.122. The molecule has 0 aliphatic carbocycles. The first-order chi connectivity index (χ1) is 14.4. The maximum absolute atomic E-state index is 12.8. The summed E-state index contributed by atoms with van der Waals surface area (Å²) in [6, 6.07) is 11.2. The lowest BCUT2D eigenvalue weighted by Gasteiger charge is -2.31. The quantitative estimate of drug-likeness (QED) is 0.668. The highest BCUT2D eigenvalue weighted by atomic mass is 32.1. The highest BCUT2D eigenvalue weighted by Crippen LogP contribution is 2.33. The minimum atomic E-state index is -0.130. The van der Waals surface area contributed by atoms with Gasteiger partial charge in [-0.25, -0.2) is 4.98 Å². The second-order valence-electron chi connectivity index (χ2n) is 7.72. The Morgan fingerprint density at radius 1 is 1.07 bits per heavy atom. The monoisotopic (exact) mass is 423 g/mol. The number of fused-ring (bicyclic) bond motifs is 1. The lowest BCUT2D eigenvalue weighted by Crippen LogP contribution is -2.41. The first-order valence-electron chi connectivity index (χ1n) is 10.1. The van der Waals surface area contributed by atoms with Crippen LogP contribution >= 0.6 is 11.3 Å². The van der Waals surface area contributed by atoms with Crippen molar-refractivity contribution in [1.82, 2.24) is 9.88 Å². The topological polar surface area (TPSA) is 71.5 Å². The summed E-state index contributed by atoms with van der Waals surface area (Å²) < 4.78 is 7.35. The Morgan fingerprint density at radius 2 is 1.73 bits per heavy atom. The van der Waals surface area contributed by atoms with Gasteiger partial charge in [0.15, 0.2) is 0 Å². The molecule has 0 unspecified atom stereocenters. The number of thiazole rings is 1. The number of nitrogens with zero attached hydrogens (tertiary/aromatic N) is 2. The van der Waals surface area contributed by atoms with Crippen LogP contribution in [0.2, 0.25) is 0 Å². The van der Waals surface area contributed by atoms with Crippen LogP contribution in [0.25, 0.3) is 10.2 Å². The summed E-state index contributed by atoms with van der Waals surface area (Å²) in [5, 5.41) is 3.42. The van der Waals surface area contributed by atoms with E-state index in [0.717, 1.165) is 23.9 Å². The third-order valence-corrected chi connectivity index (χ3v) is 6.45. The van der Waals surface area contributed by atoms with Crippen molar-refractivity contribution in [2.75, 3.05) is 18.4 Å². The van der Waals surface area contributed by atoms with Crippen molar-refractivity contribution in [3.63, 3.8) is 0 Å². The number of likely N-dealkylation sites (tertiary alicyclic amines) is 1. The lowest BCUT2D eigenvalue weighted by atomic mass is 10.1. The van der Waals surface area contributed by atoms with Gasteiger partial charge in [-0.05, 0) is 49.2 Å². The fourth-order valence-electron chi connectivity index (χ4n) is 3.69. The molecule has 4 rings (SSSR count). The van der Waals surface area contributed by atoms with Gasteiger partial charge in [0.2, 0.25) is 5.91 Å². The number of anilines is 1. The van der Waals surface area contributed by atoms with Gasteiger partial charge in [0, 0.05) is 44.1 Å². The van der Waals surface area contributed by atoms with Gasteiger partial charge in [-0.2, -0.15) is 0 Å². The number of carbonyl (C=O) groups excluding carboxylic acids is 2. The first kappa shape index (κ1) is 20.3. The molecule has 0 atom stereocenters. The summed E-state index contributed by atoms with van der Waals surface area (Å²) >= 11 is 1.60. The van der Waals surface area contributed by atoms with Gasteiger partial charge in [-0.1, -0.05) is 23.5 Å². The number of hydrogen-bond donors (Lipinski definition) is 1. The van der Waals surface area contributed by atoms with Gasteiger partial charge < -0.3 is 15.0 Å². The Hall–Kier alpha value is -2.93. The van der Waals surface area contributed by atoms with E-state index in [1.54, 1.807) is 35.6 Å². The van der Waals surface area contributed by atoms with E-state index in [1.807, 2.05) is 4.90 Å². The van der Waals surface area contributed by atoms with Gasteiger partial charge >= 0.3 is 0 Å². The summed E-state index contributed by atoms with van der Waals surface area (Å²) in [5.41, 5.74) is 4.71. The van der Waals surface area contributed by atoms with Crippen LogP contribution in [0.4, 0.5) is 5.69 Å². The highest BCUT2D eigenvalue weighted by Gasteiger charge is 2.25. The van der Waals surface area contributed by atoms with Gasteiger partial charge in [0.25, 0.3) is 11.1 Å². The predicted molar refractivity (Wildman–Crippen MR) is 119 cm³/mol. The van der Waals surface area contributed by atoms with Crippen LogP contribution in [0.3, 0.4) is 0 Å². The van der Waals surface area contributed by atoms with Crippen LogP contribution in [0.5, 0.6) is 5.19 Å². The molecule has 7 heteroatoms. The van der Waals surface area contributed by atoms with E-state index >= 15 is 0 Å². The van der Waals surface area contributed by atoms with E-state index in [-0.39, 0.29) is 17.9 Å². The van der Waals surface area contributed by atoms with Gasteiger partial charge in [-0.15, -0.1) is 0 Å². The summed E-state index contributed by atoms with van der Waals surface area (Å²) in [7, 11) is 0. The maximum atomic E-state index is 12.8. The summed E-state index contributed by atoms with van der Waals surface area (Å²) in [6.45, 7) is 6.93. The number of ether oxygens (including phenoxy) is 1. The van der Waals surface area contributed by atoms with Gasteiger partial charge in [0.05, 0.1) is 10.2 Å². The molecule has 2 aromatic carbocycles. The number of aromatic nitrogens is 1. The fourth-order valence-corrected chi connectivity index (χ4v) is 4.72. The third-order valence-electron chi connectivity index (χ3n) is 5.37. The Bertz CT molecular complexity index is 1040. The Labute approximate surface area is 179 Å². The molecule has 1 saturated heterocycles. The molecule has 0 saturated carbocycles. The summed E-state index contributed by atoms with van der Waals surface area (Å²) in [4.78, 5) is 30.4. The Morgan fingerprint density at radius 3 is 2.37 bits per heavy atom. The van der Waals surface area contributed by atoms with Gasteiger partial charge in [-0.3, -0.25) is 9.59 Å². The second kappa shape index (κ2) is 8.44. The maximum Gasteiger partial charge on any atom is 0.274 e. The van der Waals surface area contributed by atoms with Crippen molar-refractivity contribution in [3.8, 4) is 5.19 Å². The van der Waals surface area contributed by atoms with E-state index in [9.17, 15) is 9.59 Å². The van der Waals surface area contributed by atoms with Crippen molar-refractivity contribution in [1.29, 1.82) is 0 Å². The molecule has 1 N–H and O–H groups in total. The molecular weight excluding hydrogens is 398 g/mol. The van der Waals surface area contributed by atoms with Crippen molar-refractivity contribution < 1.29 is 14.3 Å². The average Bonchev–Trinajstić information content (AvgIpc) is 3.16. The molecule has 1 aliphatic rings. The smallest absolute Gasteiger partial charge is 0.274 e. The molecule has 1 fully saturated rings. The number of nitrogens with one attached hydrogen (secondary N) is 1. The van der Waals surface area contributed by atoms with Crippen LogP contribution < -0.4 is 10.1 Å². The molecule has 1 aromatic heterocycles. The zero-order valence-electron chi connectivity index (χ0n) is 17.4. The number of carbonyl (C=O) groups is 2. The van der Waals surface area contributed by atoms with E-state index in [0.29, 0.717) is 29.5 Å². The zero-order chi connectivity index (χ0) is 21.3. The van der Waals surface area contributed by atoms with Crippen molar-refractivity contribution in [2.45, 2.75) is 39.7 Å². The molecule has 0 radical (unpaired) electrons. The number of benzene rings is 2. The minimum Gasteiger partial charge on any atom is -0.467 e. The molecule has 6 nitrogen and oxygen atoms in total. The predicted octanol–water partition coefficient (Wildman–Crippen LogP) is 4.56. The number of hydrogen-bond acceptors (Lipinski definition) is 5. The molecule has 156 valence electrons. The van der Waals surface area contributed by atoms with E-state index in [2.05, 4.69) is 36.3 Å². The molecule has 3 aromatic rings. The van der Waals surface area contributed by atoms with E-state index in [4.69, 9.17) is 4.74 Å². The first-order valence-corrected chi connectivity index (χ1v) is 10.9. The number of piperidine rings is 1. The molecule has 2 amide bonds.